The summed E-state index contributed by atoms with van der Waals surface area (Å²) < 4.78 is 1.84. The number of H-pyrrole nitrogens is 2. The van der Waals surface area contributed by atoms with Gasteiger partial charge in [0.1, 0.15) is 5.82 Å². The van der Waals surface area contributed by atoms with Crippen LogP contribution in [0.15, 0.2) is 35.3 Å². The summed E-state index contributed by atoms with van der Waals surface area (Å²) in [7, 11) is 0. The topological polar surface area (TPSA) is 98.8 Å². The van der Waals surface area contributed by atoms with E-state index in [1.807, 2.05) is 47.6 Å². The van der Waals surface area contributed by atoms with E-state index in [1.54, 1.807) is 6.20 Å². The summed E-state index contributed by atoms with van der Waals surface area (Å²) in [4.78, 5) is 37.4. The monoisotopic (exact) mass is 382 g/mol. The number of aromatic amines is 2. The van der Waals surface area contributed by atoms with Gasteiger partial charge in [0.05, 0.1) is 17.1 Å². The Balaban J connectivity index is 1.41. The lowest BCUT2D eigenvalue weighted by molar-refractivity contribution is 0.167. The molecule has 8 heteroatoms. The number of nitrogens with zero attached hydrogens (tertiary/aromatic N) is 3. The number of hydrogen-bond acceptors (Lipinski definition) is 3. The molecule has 1 aromatic carbocycles. The van der Waals surface area contributed by atoms with Gasteiger partial charge < -0.3 is 20.2 Å². The predicted octanol–water partition coefficient (Wildman–Crippen LogP) is 2.86. The van der Waals surface area contributed by atoms with E-state index in [0.717, 1.165) is 41.8 Å². The highest BCUT2D eigenvalue weighted by atomic mass is 16.2. The van der Waals surface area contributed by atoms with E-state index in [0.29, 0.717) is 13.1 Å². The van der Waals surface area contributed by atoms with Crippen molar-refractivity contribution in [1.82, 2.24) is 29.7 Å². The molecular weight excluding hydrogens is 356 g/mol. The molecule has 0 aliphatic carbocycles. The fourth-order valence-electron chi connectivity index (χ4n) is 3.98. The summed E-state index contributed by atoms with van der Waals surface area (Å²) in [5.74, 6) is 0.786. The van der Waals surface area contributed by atoms with Crippen LogP contribution in [0.25, 0.3) is 11.0 Å². The zero-order valence-electron chi connectivity index (χ0n) is 16.2. The molecule has 0 saturated carbocycles. The summed E-state index contributed by atoms with van der Waals surface area (Å²) in [5, 5.41) is 3.08. The molecule has 8 nitrogen and oxygen atoms in total. The Morgan fingerprint density at radius 3 is 2.71 bits per heavy atom. The Labute approximate surface area is 163 Å². The van der Waals surface area contributed by atoms with Gasteiger partial charge in [-0.3, -0.25) is 4.57 Å². The van der Waals surface area contributed by atoms with Crippen LogP contribution < -0.4 is 11.0 Å². The highest BCUT2D eigenvalue weighted by molar-refractivity contribution is 5.76. The van der Waals surface area contributed by atoms with Crippen molar-refractivity contribution in [3.05, 3.63) is 52.5 Å². The molecule has 2 aromatic heterocycles. The van der Waals surface area contributed by atoms with Gasteiger partial charge in [-0.2, -0.15) is 0 Å². The fourth-order valence-corrected chi connectivity index (χ4v) is 3.98. The van der Waals surface area contributed by atoms with Gasteiger partial charge in [0.2, 0.25) is 0 Å². The number of likely N-dealkylation sites (tertiary alicyclic amines) is 1. The summed E-state index contributed by atoms with van der Waals surface area (Å²) >= 11 is 0. The first-order valence-corrected chi connectivity index (χ1v) is 9.83. The Morgan fingerprint density at radius 1 is 1.29 bits per heavy atom. The molecule has 1 unspecified atom stereocenters. The maximum absolute atomic E-state index is 12.7. The number of rotatable bonds is 4. The van der Waals surface area contributed by atoms with Gasteiger partial charge in [0, 0.05) is 31.0 Å². The number of urea groups is 1. The number of amides is 2. The molecular formula is C20H26N6O2. The quantitative estimate of drug-likeness (QED) is 0.647. The van der Waals surface area contributed by atoms with Crippen molar-refractivity contribution in [2.24, 2.45) is 0 Å². The van der Waals surface area contributed by atoms with Crippen LogP contribution in [0.2, 0.25) is 0 Å². The van der Waals surface area contributed by atoms with Crippen LogP contribution in [0.1, 0.15) is 49.8 Å². The van der Waals surface area contributed by atoms with Crippen LogP contribution in [-0.2, 0) is 0 Å². The highest BCUT2D eigenvalue weighted by Gasteiger charge is 2.27. The van der Waals surface area contributed by atoms with Crippen LogP contribution in [0.3, 0.4) is 0 Å². The number of nitrogens with one attached hydrogen (secondary N) is 3. The fraction of sp³-hybridized carbons (Fsp3) is 0.450. The molecule has 4 rings (SSSR count). The number of para-hydroxylation sites is 2. The van der Waals surface area contributed by atoms with Crippen molar-refractivity contribution >= 4 is 17.1 Å². The minimum Gasteiger partial charge on any atom is -0.344 e. The third-order valence-electron chi connectivity index (χ3n) is 5.50. The van der Waals surface area contributed by atoms with Crippen molar-refractivity contribution in [2.75, 3.05) is 13.1 Å². The molecule has 0 spiro atoms. The minimum absolute atomic E-state index is 0.0781. The number of aryl methyl sites for hydroxylation is 1. The van der Waals surface area contributed by atoms with Crippen molar-refractivity contribution in [1.29, 1.82) is 0 Å². The highest BCUT2D eigenvalue weighted by Crippen LogP contribution is 2.25. The lowest BCUT2D eigenvalue weighted by Crippen LogP contribution is -2.46. The number of fused-ring (bicyclic) bond motifs is 1. The van der Waals surface area contributed by atoms with Gasteiger partial charge in [-0.25, -0.2) is 14.6 Å². The average Bonchev–Trinajstić information content (AvgIpc) is 3.28. The number of carbonyl (C=O) groups is 1. The molecule has 3 heterocycles. The molecule has 1 fully saturated rings. The smallest absolute Gasteiger partial charge is 0.326 e. The van der Waals surface area contributed by atoms with Crippen molar-refractivity contribution in [2.45, 2.75) is 45.2 Å². The zero-order valence-corrected chi connectivity index (χ0v) is 16.2. The van der Waals surface area contributed by atoms with Gasteiger partial charge >= 0.3 is 11.7 Å². The largest absolute Gasteiger partial charge is 0.344 e. The molecule has 2 amide bonds. The van der Waals surface area contributed by atoms with Crippen LogP contribution in [0.4, 0.5) is 4.79 Å². The van der Waals surface area contributed by atoms with Crippen molar-refractivity contribution < 1.29 is 4.79 Å². The molecule has 3 aromatic rings. The molecule has 148 valence electrons. The maximum Gasteiger partial charge on any atom is 0.326 e. The normalized spacial score (nSPS) is 16.4. The lowest BCUT2D eigenvalue weighted by Gasteiger charge is -2.33. The molecule has 0 bridgehead atoms. The lowest BCUT2D eigenvalue weighted by atomic mass is 10.0. The van der Waals surface area contributed by atoms with Gasteiger partial charge in [-0.05, 0) is 38.3 Å². The van der Waals surface area contributed by atoms with Crippen LogP contribution in [0, 0.1) is 6.92 Å². The van der Waals surface area contributed by atoms with Gasteiger partial charge in [0.25, 0.3) is 0 Å². The third kappa shape index (κ3) is 3.42. The molecule has 28 heavy (non-hydrogen) atoms. The van der Waals surface area contributed by atoms with E-state index < -0.39 is 0 Å². The molecule has 0 radical (unpaired) electrons. The molecule has 1 saturated heterocycles. The summed E-state index contributed by atoms with van der Waals surface area (Å²) in [5.41, 5.74) is 2.68. The number of piperidine rings is 1. The van der Waals surface area contributed by atoms with Gasteiger partial charge in [0.15, 0.2) is 0 Å². The molecule has 1 aliphatic heterocycles. The Kier molecular flexibility index (Phi) is 4.93. The standard InChI is InChI=1S/C20H26N6O2/c1-3-15(18-21-12-13(2)22-18)23-19(27)25-10-8-14(9-11-25)26-17-7-5-4-6-16(17)24-20(26)28/h4-7,12,14-15H,3,8-11H2,1-2H3,(H,21,22)(H,23,27)(H,24,28). The summed E-state index contributed by atoms with van der Waals surface area (Å²) in [6.45, 7) is 5.22. The van der Waals surface area contributed by atoms with E-state index >= 15 is 0 Å². The predicted molar refractivity (Wildman–Crippen MR) is 107 cm³/mol. The van der Waals surface area contributed by atoms with E-state index in [1.165, 1.54) is 0 Å². The molecule has 1 aliphatic rings. The first kappa shape index (κ1) is 18.3. The first-order valence-electron chi connectivity index (χ1n) is 9.83. The number of aromatic nitrogens is 4. The number of imidazole rings is 2. The Hall–Kier alpha value is -3.03. The number of hydrogen-bond donors (Lipinski definition) is 3. The molecule has 1 atom stereocenters. The second kappa shape index (κ2) is 7.53. The second-order valence-electron chi connectivity index (χ2n) is 7.40. The van der Waals surface area contributed by atoms with Crippen molar-refractivity contribution in [3.8, 4) is 0 Å². The van der Waals surface area contributed by atoms with E-state index in [4.69, 9.17) is 0 Å². The van der Waals surface area contributed by atoms with Crippen LogP contribution in [0.5, 0.6) is 0 Å². The number of carbonyl (C=O) groups excluding carboxylic acids is 1. The first-order chi connectivity index (χ1) is 13.6. The summed E-state index contributed by atoms with van der Waals surface area (Å²) in [6, 6.07) is 7.62. The average molecular weight is 382 g/mol. The maximum atomic E-state index is 12.7. The minimum atomic E-state index is -0.129. The zero-order chi connectivity index (χ0) is 19.7. The van der Waals surface area contributed by atoms with E-state index in [9.17, 15) is 9.59 Å². The van der Waals surface area contributed by atoms with Gasteiger partial charge in [-0.15, -0.1) is 0 Å². The van der Waals surface area contributed by atoms with Gasteiger partial charge in [-0.1, -0.05) is 19.1 Å². The molecule has 3 N–H and O–H groups in total. The SMILES string of the molecule is CCC(NC(=O)N1CCC(n2c(=O)[nH]c3ccccc32)CC1)c1ncc(C)[nH]1. The number of benzene rings is 1. The van der Waals surface area contributed by atoms with Crippen molar-refractivity contribution in [3.63, 3.8) is 0 Å². The van der Waals surface area contributed by atoms with Crippen LogP contribution in [-0.4, -0.2) is 43.5 Å². The van der Waals surface area contributed by atoms with E-state index in [2.05, 4.69) is 20.3 Å². The van der Waals surface area contributed by atoms with Crippen LogP contribution >= 0.6 is 0 Å². The van der Waals surface area contributed by atoms with E-state index in [-0.39, 0.29) is 23.8 Å². The Bertz CT molecular complexity index is 1020. The third-order valence-corrected chi connectivity index (χ3v) is 5.50. The Morgan fingerprint density at radius 2 is 2.04 bits per heavy atom. The second-order valence-corrected chi connectivity index (χ2v) is 7.40. The summed E-state index contributed by atoms with van der Waals surface area (Å²) in [6.07, 6.45) is 4.05.